The van der Waals surface area contributed by atoms with Gasteiger partial charge in [-0.1, -0.05) is 12.1 Å². The molecule has 0 aromatic heterocycles. The number of carbonyl (C=O) groups excluding carboxylic acids is 2. The molecule has 98 valence electrons. The Kier molecular flexibility index (Phi) is 3.86. The third kappa shape index (κ3) is 2.94. The van der Waals surface area contributed by atoms with Crippen LogP contribution in [0.25, 0.3) is 0 Å². The number of likely N-dealkylation sites (N-methyl/N-ethyl adjacent to an activating group) is 1. The summed E-state index contributed by atoms with van der Waals surface area (Å²) in [6, 6.07) is 7.46. The van der Waals surface area contributed by atoms with Gasteiger partial charge in [0.2, 0.25) is 11.8 Å². The lowest BCUT2D eigenvalue weighted by atomic mass is 10.1. The third-order valence-electron chi connectivity index (χ3n) is 3.23. The van der Waals surface area contributed by atoms with Gasteiger partial charge in [-0.05, 0) is 17.7 Å². The molecular weight excluding hydrogens is 240 g/mol. The molecule has 0 aliphatic carbocycles. The van der Waals surface area contributed by atoms with Crippen molar-refractivity contribution in [1.82, 2.24) is 5.32 Å². The highest BCUT2D eigenvalue weighted by Crippen LogP contribution is 2.25. The quantitative estimate of drug-likeness (QED) is 0.819. The van der Waals surface area contributed by atoms with Crippen LogP contribution in [0.3, 0.4) is 0 Å². The zero-order valence-electron chi connectivity index (χ0n) is 10.8. The van der Waals surface area contributed by atoms with Crippen molar-refractivity contribution >= 4 is 17.5 Å². The van der Waals surface area contributed by atoms with Crippen molar-refractivity contribution in [2.24, 2.45) is 5.92 Å². The largest absolute Gasteiger partial charge is 0.359 e. The predicted octanol–water partition coefficient (Wildman–Crippen LogP) is 0.961. The standard InChI is InChI=1S/C15H16N2O2/c1-3-11-9-15(19)17(10-11)13-6-4-5-12(7-13)8-14(18)16-2/h1,4-7,11H,8-10H2,2H3,(H,16,18). The van der Waals surface area contributed by atoms with E-state index in [1.54, 1.807) is 11.9 Å². The lowest BCUT2D eigenvalue weighted by molar-refractivity contribution is -0.120. The predicted molar refractivity (Wildman–Crippen MR) is 73.5 cm³/mol. The van der Waals surface area contributed by atoms with Crippen molar-refractivity contribution in [3.8, 4) is 12.3 Å². The molecule has 1 aromatic rings. The maximum Gasteiger partial charge on any atom is 0.228 e. The summed E-state index contributed by atoms with van der Waals surface area (Å²) in [7, 11) is 1.60. The highest BCUT2D eigenvalue weighted by Gasteiger charge is 2.29. The molecule has 1 atom stereocenters. The maximum absolute atomic E-state index is 11.9. The maximum atomic E-state index is 11.9. The number of anilines is 1. The van der Waals surface area contributed by atoms with Gasteiger partial charge in [0.25, 0.3) is 0 Å². The van der Waals surface area contributed by atoms with Crippen molar-refractivity contribution in [3.63, 3.8) is 0 Å². The normalized spacial score (nSPS) is 18.2. The molecular formula is C15H16N2O2. The van der Waals surface area contributed by atoms with Crippen LogP contribution in [0.2, 0.25) is 0 Å². The van der Waals surface area contributed by atoms with Crippen LogP contribution in [0.5, 0.6) is 0 Å². The molecule has 1 N–H and O–H groups in total. The fourth-order valence-corrected chi connectivity index (χ4v) is 2.18. The number of rotatable bonds is 3. The van der Waals surface area contributed by atoms with Gasteiger partial charge in [0.05, 0.1) is 6.42 Å². The van der Waals surface area contributed by atoms with Crippen molar-refractivity contribution in [2.75, 3.05) is 18.5 Å². The molecule has 2 rings (SSSR count). The Labute approximate surface area is 112 Å². The van der Waals surface area contributed by atoms with E-state index in [9.17, 15) is 9.59 Å². The minimum Gasteiger partial charge on any atom is -0.359 e. The van der Waals surface area contributed by atoms with Gasteiger partial charge >= 0.3 is 0 Å². The van der Waals surface area contributed by atoms with Gasteiger partial charge in [0.1, 0.15) is 0 Å². The fraction of sp³-hybridized carbons (Fsp3) is 0.333. The molecule has 0 radical (unpaired) electrons. The van der Waals surface area contributed by atoms with Crippen LogP contribution in [0.1, 0.15) is 12.0 Å². The molecule has 1 unspecified atom stereocenters. The Balaban J connectivity index is 2.17. The zero-order valence-corrected chi connectivity index (χ0v) is 10.8. The Bertz CT molecular complexity index is 545. The van der Waals surface area contributed by atoms with Gasteiger partial charge in [0.15, 0.2) is 0 Å². The summed E-state index contributed by atoms with van der Waals surface area (Å²) in [4.78, 5) is 24.9. The Morgan fingerprint density at radius 1 is 1.58 bits per heavy atom. The summed E-state index contributed by atoms with van der Waals surface area (Å²) in [5.74, 6) is 2.60. The lowest BCUT2D eigenvalue weighted by Crippen LogP contribution is -2.25. The summed E-state index contributed by atoms with van der Waals surface area (Å²) >= 11 is 0. The first kappa shape index (κ1) is 13.2. The van der Waals surface area contributed by atoms with E-state index in [-0.39, 0.29) is 17.7 Å². The third-order valence-corrected chi connectivity index (χ3v) is 3.23. The van der Waals surface area contributed by atoms with Crippen molar-refractivity contribution in [1.29, 1.82) is 0 Å². The SMILES string of the molecule is C#CC1CC(=O)N(c2cccc(CC(=O)NC)c2)C1. The smallest absolute Gasteiger partial charge is 0.228 e. The number of terminal acetylenes is 1. The van der Waals surface area contributed by atoms with Crippen LogP contribution in [0, 0.1) is 18.3 Å². The average molecular weight is 256 g/mol. The van der Waals surface area contributed by atoms with Crippen LogP contribution in [-0.2, 0) is 16.0 Å². The molecule has 4 nitrogen and oxygen atoms in total. The van der Waals surface area contributed by atoms with Crippen molar-refractivity contribution < 1.29 is 9.59 Å². The van der Waals surface area contributed by atoms with E-state index in [0.717, 1.165) is 11.3 Å². The fourth-order valence-electron chi connectivity index (χ4n) is 2.18. The second-order valence-corrected chi connectivity index (χ2v) is 4.59. The number of nitrogens with one attached hydrogen (secondary N) is 1. The summed E-state index contributed by atoms with van der Waals surface area (Å²) in [5.41, 5.74) is 1.69. The summed E-state index contributed by atoms with van der Waals surface area (Å²) in [5, 5.41) is 2.58. The van der Waals surface area contributed by atoms with Gasteiger partial charge in [0, 0.05) is 31.6 Å². The molecule has 4 heteroatoms. The topological polar surface area (TPSA) is 49.4 Å². The van der Waals surface area contributed by atoms with Gasteiger partial charge in [-0.2, -0.15) is 0 Å². The first-order valence-electron chi connectivity index (χ1n) is 6.20. The molecule has 1 heterocycles. The molecule has 19 heavy (non-hydrogen) atoms. The van der Waals surface area contributed by atoms with Crippen molar-refractivity contribution in [2.45, 2.75) is 12.8 Å². The van der Waals surface area contributed by atoms with Crippen molar-refractivity contribution in [3.05, 3.63) is 29.8 Å². The van der Waals surface area contributed by atoms with E-state index in [1.165, 1.54) is 0 Å². The van der Waals surface area contributed by atoms with E-state index in [2.05, 4.69) is 11.2 Å². The van der Waals surface area contributed by atoms with E-state index in [0.29, 0.717) is 19.4 Å². The van der Waals surface area contributed by atoms with Crippen LogP contribution in [0.4, 0.5) is 5.69 Å². The number of hydrogen-bond donors (Lipinski definition) is 1. The highest BCUT2D eigenvalue weighted by atomic mass is 16.2. The highest BCUT2D eigenvalue weighted by molar-refractivity contribution is 5.96. The summed E-state index contributed by atoms with van der Waals surface area (Å²) < 4.78 is 0. The first-order valence-corrected chi connectivity index (χ1v) is 6.20. The average Bonchev–Trinajstić information content (AvgIpc) is 2.80. The van der Waals surface area contributed by atoms with E-state index < -0.39 is 0 Å². The zero-order chi connectivity index (χ0) is 13.8. The van der Waals surface area contributed by atoms with E-state index >= 15 is 0 Å². The Morgan fingerprint density at radius 3 is 3.00 bits per heavy atom. The van der Waals surface area contributed by atoms with Crippen LogP contribution >= 0.6 is 0 Å². The molecule has 1 aliphatic heterocycles. The molecule has 2 amide bonds. The molecule has 0 spiro atoms. The minimum absolute atomic E-state index is 0.0184. The summed E-state index contributed by atoms with van der Waals surface area (Å²) in [6.07, 6.45) is 6.08. The second kappa shape index (κ2) is 5.57. The van der Waals surface area contributed by atoms with Gasteiger partial charge in [-0.25, -0.2) is 0 Å². The Hall–Kier alpha value is -2.28. The van der Waals surface area contributed by atoms with Gasteiger partial charge < -0.3 is 10.2 Å². The van der Waals surface area contributed by atoms with Gasteiger partial charge in [-0.3, -0.25) is 9.59 Å². The first-order chi connectivity index (χ1) is 9.13. The molecule has 1 aliphatic rings. The van der Waals surface area contributed by atoms with Crippen LogP contribution in [0.15, 0.2) is 24.3 Å². The molecule has 0 bridgehead atoms. The molecule has 1 fully saturated rings. The van der Waals surface area contributed by atoms with Crippen LogP contribution < -0.4 is 10.2 Å². The number of benzene rings is 1. The van der Waals surface area contributed by atoms with Crippen LogP contribution in [-0.4, -0.2) is 25.4 Å². The minimum atomic E-state index is -0.0496. The number of hydrogen-bond acceptors (Lipinski definition) is 2. The molecule has 1 saturated heterocycles. The molecule has 1 aromatic carbocycles. The van der Waals surface area contributed by atoms with E-state index in [1.807, 2.05) is 24.3 Å². The summed E-state index contributed by atoms with van der Waals surface area (Å²) in [6.45, 7) is 0.554. The second-order valence-electron chi connectivity index (χ2n) is 4.59. The number of nitrogens with zero attached hydrogens (tertiary/aromatic N) is 1. The van der Waals surface area contributed by atoms with E-state index in [4.69, 9.17) is 6.42 Å². The Morgan fingerprint density at radius 2 is 2.37 bits per heavy atom. The number of amides is 2. The monoisotopic (exact) mass is 256 g/mol. The van der Waals surface area contributed by atoms with Gasteiger partial charge in [-0.15, -0.1) is 12.3 Å². The number of carbonyl (C=O) groups is 2. The molecule has 0 saturated carbocycles. The lowest BCUT2D eigenvalue weighted by Gasteiger charge is -2.16.